The average molecular weight is 524 g/mol. The van der Waals surface area contributed by atoms with Gasteiger partial charge in [0.25, 0.3) is 0 Å². The van der Waals surface area contributed by atoms with E-state index in [4.69, 9.17) is 9.72 Å². The summed E-state index contributed by atoms with van der Waals surface area (Å²) in [5.74, 6) is 1.99. The molecule has 1 atom stereocenters. The highest BCUT2D eigenvalue weighted by Crippen LogP contribution is 2.27. The third-order valence-electron chi connectivity index (χ3n) is 7.01. The number of imidazole rings is 1. The van der Waals surface area contributed by atoms with E-state index in [0.29, 0.717) is 23.3 Å². The summed E-state index contributed by atoms with van der Waals surface area (Å²) < 4.78 is 8.85. The molecule has 1 aliphatic rings. The highest BCUT2D eigenvalue weighted by molar-refractivity contribution is 5.82. The van der Waals surface area contributed by atoms with Crippen LogP contribution in [-0.4, -0.2) is 65.6 Å². The van der Waals surface area contributed by atoms with Gasteiger partial charge in [-0.2, -0.15) is 10.4 Å². The number of anilines is 2. The van der Waals surface area contributed by atoms with E-state index in [0.717, 1.165) is 53.6 Å². The van der Waals surface area contributed by atoms with Crippen LogP contribution in [0.4, 0.5) is 11.5 Å². The van der Waals surface area contributed by atoms with Crippen LogP contribution in [0.25, 0.3) is 22.7 Å². The summed E-state index contributed by atoms with van der Waals surface area (Å²) in [4.78, 5) is 15.2. The van der Waals surface area contributed by atoms with Crippen molar-refractivity contribution in [3.8, 4) is 17.7 Å². The standard InChI is InChI=1S/C28H29N9O2/c1-17-10-21(12-29)34-37(17)28-23(18(2)38)6-9-27(33-28)36-16-30-24-7-4-19(11-25(24)36)31-26-8-5-20(32-26)13-35-14-22(15-35)39-3/h4-11,16,18,22,31-32,38H,13-15H2,1-3H3. The molecule has 39 heavy (non-hydrogen) atoms. The van der Waals surface area contributed by atoms with Crippen LogP contribution in [0.2, 0.25) is 0 Å². The van der Waals surface area contributed by atoms with Crippen LogP contribution in [-0.2, 0) is 11.3 Å². The second-order valence-electron chi connectivity index (χ2n) is 9.84. The summed E-state index contributed by atoms with van der Waals surface area (Å²) in [5.41, 5.74) is 5.39. The number of H-pyrrole nitrogens is 1. The molecular weight excluding hydrogens is 494 g/mol. The third kappa shape index (κ3) is 4.77. The van der Waals surface area contributed by atoms with E-state index in [-0.39, 0.29) is 5.69 Å². The van der Waals surface area contributed by atoms with Gasteiger partial charge in [0.15, 0.2) is 11.5 Å². The number of aliphatic hydroxyl groups excluding tert-OH is 1. The van der Waals surface area contributed by atoms with Crippen molar-refractivity contribution in [1.29, 1.82) is 5.26 Å². The minimum atomic E-state index is -0.765. The summed E-state index contributed by atoms with van der Waals surface area (Å²) in [6, 6.07) is 17.5. The van der Waals surface area contributed by atoms with Gasteiger partial charge >= 0.3 is 0 Å². The fraction of sp³-hybridized carbons (Fsp3) is 0.286. The van der Waals surface area contributed by atoms with Crippen LogP contribution in [0.5, 0.6) is 0 Å². The lowest BCUT2D eigenvalue weighted by atomic mass is 10.1. The number of nitrogens with one attached hydrogen (secondary N) is 2. The van der Waals surface area contributed by atoms with E-state index in [1.807, 2.05) is 47.9 Å². The third-order valence-corrected chi connectivity index (χ3v) is 7.01. The topological polar surface area (TPSA) is 133 Å². The lowest BCUT2D eigenvalue weighted by Crippen LogP contribution is -2.50. The van der Waals surface area contributed by atoms with E-state index in [1.54, 1.807) is 31.1 Å². The molecule has 0 radical (unpaired) electrons. The van der Waals surface area contributed by atoms with Crippen LogP contribution in [0.1, 0.15) is 35.7 Å². The van der Waals surface area contributed by atoms with Gasteiger partial charge in [-0.25, -0.2) is 14.6 Å². The van der Waals surface area contributed by atoms with E-state index in [9.17, 15) is 10.4 Å². The molecule has 1 saturated heterocycles. The summed E-state index contributed by atoms with van der Waals surface area (Å²) in [5, 5.41) is 27.5. The molecule has 5 heterocycles. The zero-order valence-electron chi connectivity index (χ0n) is 22.0. The van der Waals surface area contributed by atoms with E-state index >= 15 is 0 Å². The molecule has 0 spiro atoms. The van der Waals surface area contributed by atoms with Crippen molar-refractivity contribution < 1.29 is 9.84 Å². The number of nitrogens with zero attached hydrogens (tertiary/aromatic N) is 7. The molecule has 1 aromatic carbocycles. The molecule has 3 N–H and O–H groups in total. The zero-order valence-corrected chi connectivity index (χ0v) is 22.0. The fourth-order valence-corrected chi connectivity index (χ4v) is 4.89. The maximum Gasteiger partial charge on any atom is 0.163 e. The minimum Gasteiger partial charge on any atom is -0.389 e. The number of nitriles is 1. The van der Waals surface area contributed by atoms with Crippen LogP contribution in [0.15, 0.2) is 54.9 Å². The molecule has 6 rings (SSSR count). The second-order valence-corrected chi connectivity index (χ2v) is 9.84. The number of fused-ring (bicyclic) bond motifs is 1. The largest absolute Gasteiger partial charge is 0.389 e. The Kier molecular flexibility index (Phi) is 6.36. The first kappa shape index (κ1) is 24.8. The number of aromatic amines is 1. The van der Waals surface area contributed by atoms with Gasteiger partial charge in [0.2, 0.25) is 0 Å². The molecule has 0 aliphatic carbocycles. The Hall–Kier alpha value is -4.50. The van der Waals surface area contributed by atoms with E-state index in [2.05, 4.69) is 37.4 Å². The number of aryl methyl sites for hydroxylation is 1. The second kappa shape index (κ2) is 9.99. The lowest BCUT2D eigenvalue weighted by molar-refractivity contribution is -0.0338. The maximum absolute atomic E-state index is 10.4. The first-order chi connectivity index (χ1) is 18.9. The van der Waals surface area contributed by atoms with Gasteiger partial charge in [0, 0.05) is 49.4 Å². The summed E-state index contributed by atoms with van der Waals surface area (Å²) in [6.07, 6.45) is 1.30. The van der Waals surface area contributed by atoms with Crippen molar-refractivity contribution in [2.45, 2.75) is 32.6 Å². The number of pyridine rings is 1. The average Bonchev–Trinajstić information content (AvgIpc) is 3.63. The number of aliphatic hydroxyl groups is 1. The maximum atomic E-state index is 10.4. The van der Waals surface area contributed by atoms with Gasteiger partial charge < -0.3 is 20.1 Å². The Morgan fingerprint density at radius 2 is 2.05 bits per heavy atom. The van der Waals surface area contributed by atoms with Gasteiger partial charge in [-0.15, -0.1) is 0 Å². The van der Waals surface area contributed by atoms with Crippen molar-refractivity contribution in [2.24, 2.45) is 0 Å². The van der Waals surface area contributed by atoms with Crippen LogP contribution < -0.4 is 5.32 Å². The number of benzene rings is 1. The predicted molar refractivity (Wildman–Crippen MR) is 146 cm³/mol. The Bertz CT molecular complexity index is 1680. The monoisotopic (exact) mass is 523 g/mol. The molecule has 0 amide bonds. The highest BCUT2D eigenvalue weighted by Gasteiger charge is 2.26. The minimum absolute atomic E-state index is 0.288. The number of aromatic nitrogens is 6. The van der Waals surface area contributed by atoms with Crippen molar-refractivity contribution in [3.05, 3.63) is 77.5 Å². The Balaban J connectivity index is 1.29. The van der Waals surface area contributed by atoms with Gasteiger partial charge in [-0.3, -0.25) is 9.47 Å². The number of methoxy groups -OCH3 is 1. The molecular formula is C28H29N9O2. The van der Waals surface area contributed by atoms with Gasteiger partial charge in [0.1, 0.15) is 24.0 Å². The molecule has 1 aliphatic heterocycles. The summed E-state index contributed by atoms with van der Waals surface area (Å²) >= 11 is 0. The first-order valence-corrected chi connectivity index (χ1v) is 12.8. The Morgan fingerprint density at radius 1 is 1.21 bits per heavy atom. The normalized spacial score (nSPS) is 14.8. The summed E-state index contributed by atoms with van der Waals surface area (Å²) in [7, 11) is 1.76. The molecule has 0 saturated carbocycles. The smallest absolute Gasteiger partial charge is 0.163 e. The molecule has 5 aromatic rings. The van der Waals surface area contributed by atoms with Crippen LogP contribution in [0, 0.1) is 18.3 Å². The lowest BCUT2D eigenvalue weighted by Gasteiger charge is -2.37. The van der Waals surface area contributed by atoms with Crippen molar-refractivity contribution in [1.82, 2.24) is 34.2 Å². The van der Waals surface area contributed by atoms with E-state index < -0.39 is 6.10 Å². The number of rotatable bonds is 8. The van der Waals surface area contributed by atoms with Gasteiger partial charge in [0.05, 0.1) is 23.2 Å². The number of likely N-dealkylation sites (tertiary alicyclic amines) is 1. The molecule has 0 bridgehead atoms. The predicted octanol–water partition coefficient (Wildman–Crippen LogP) is 3.74. The van der Waals surface area contributed by atoms with Gasteiger partial charge in [-0.05, 0) is 62.4 Å². The quantitative estimate of drug-likeness (QED) is 0.280. The first-order valence-electron chi connectivity index (χ1n) is 12.8. The Labute approximate surface area is 225 Å². The number of hydrogen-bond donors (Lipinski definition) is 3. The van der Waals surface area contributed by atoms with E-state index in [1.165, 1.54) is 0 Å². The van der Waals surface area contributed by atoms with Crippen molar-refractivity contribution in [2.75, 3.05) is 25.5 Å². The van der Waals surface area contributed by atoms with Crippen LogP contribution >= 0.6 is 0 Å². The van der Waals surface area contributed by atoms with Crippen LogP contribution in [0.3, 0.4) is 0 Å². The SMILES string of the molecule is COC1CN(Cc2ccc(Nc3ccc4ncn(-c5ccc(C(C)O)c(-n6nc(C#N)cc6C)n5)c4c3)[nH]2)C1. The molecule has 198 valence electrons. The molecule has 11 heteroatoms. The van der Waals surface area contributed by atoms with Crippen molar-refractivity contribution >= 4 is 22.5 Å². The highest BCUT2D eigenvalue weighted by atomic mass is 16.5. The molecule has 1 fully saturated rings. The molecule has 11 nitrogen and oxygen atoms in total. The van der Waals surface area contributed by atoms with Gasteiger partial charge in [-0.1, -0.05) is 0 Å². The molecule has 1 unspecified atom stereocenters. The fourth-order valence-electron chi connectivity index (χ4n) is 4.89. The zero-order chi connectivity index (χ0) is 27.1. The van der Waals surface area contributed by atoms with Crippen molar-refractivity contribution in [3.63, 3.8) is 0 Å². The number of hydrogen-bond acceptors (Lipinski definition) is 8. The Morgan fingerprint density at radius 3 is 2.79 bits per heavy atom. The summed E-state index contributed by atoms with van der Waals surface area (Å²) in [6.45, 7) is 6.29. The number of ether oxygens (including phenoxy) is 1. The molecule has 4 aromatic heterocycles.